The highest BCUT2D eigenvalue weighted by Gasteiger charge is 2.43. The third-order valence-electron chi connectivity index (χ3n) is 7.88. The Morgan fingerprint density at radius 3 is 2.51 bits per heavy atom. The molecule has 1 aliphatic heterocycles. The van der Waals surface area contributed by atoms with E-state index in [4.69, 9.17) is 9.84 Å². The van der Waals surface area contributed by atoms with E-state index in [1.807, 2.05) is 19.9 Å². The molecule has 2 aromatic carbocycles. The Hall–Kier alpha value is -4.34. The smallest absolute Gasteiger partial charge is 0.418 e. The molecule has 4 aromatic rings. The Labute approximate surface area is 287 Å². The lowest BCUT2D eigenvalue weighted by molar-refractivity contribution is -0.385. The number of benzene rings is 2. The van der Waals surface area contributed by atoms with E-state index in [0.29, 0.717) is 27.9 Å². The summed E-state index contributed by atoms with van der Waals surface area (Å²) in [7, 11) is 2.60. The summed E-state index contributed by atoms with van der Waals surface area (Å²) in [5.74, 6) is -3.25. The Balaban J connectivity index is 1.53. The average molecular weight is 715 g/mol. The summed E-state index contributed by atoms with van der Waals surface area (Å²) >= 11 is 0. The number of para-hydroxylation sites is 1. The van der Waals surface area contributed by atoms with Gasteiger partial charge in [-0.1, -0.05) is 29.0 Å². The van der Waals surface area contributed by atoms with Crippen LogP contribution in [0, 0.1) is 21.7 Å². The van der Waals surface area contributed by atoms with Crippen LogP contribution in [0.1, 0.15) is 56.1 Å². The molecular weight excluding hydrogens is 682 g/mol. The van der Waals surface area contributed by atoms with Crippen molar-refractivity contribution in [2.75, 3.05) is 13.2 Å². The summed E-state index contributed by atoms with van der Waals surface area (Å²) in [4.78, 5) is 41.1. The summed E-state index contributed by atoms with van der Waals surface area (Å²) in [6, 6.07) is 10.3. The van der Waals surface area contributed by atoms with Gasteiger partial charge in [-0.3, -0.25) is 15.0 Å². The molecule has 1 aliphatic rings. The Morgan fingerprint density at radius 1 is 1.20 bits per heavy atom. The normalized spacial score (nSPS) is 17.3. The third kappa shape index (κ3) is 8.11. The first-order valence-electron chi connectivity index (χ1n) is 15.2. The van der Waals surface area contributed by atoms with Crippen LogP contribution in [0.25, 0.3) is 17.0 Å². The van der Waals surface area contributed by atoms with E-state index < -0.39 is 51.9 Å². The van der Waals surface area contributed by atoms with Crippen LogP contribution in [-0.4, -0.2) is 66.7 Å². The van der Waals surface area contributed by atoms with E-state index in [1.165, 1.54) is 52.1 Å². The van der Waals surface area contributed by atoms with Crippen molar-refractivity contribution in [3.63, 3.8) is 0 Å². The second kappa shape index (κ2) is 14.6. The molecule has 10 nitrogen and oxygen atoms in total. The molecule has 0 fully saturated rings. The molecule has 15 heteroatoms. The molecule has 2 unspecified atom stereocenters. The Kier molecular flexibility index (Phi) is 10.7. The van der Waals surface area contributed by atoms with Crippen molar-refractivity contribution in [1.29, 1.82) is 0 Å². The number of aromatic nitrogens is 2. The molecule has 1 N–H and O–H groups in total. The van der Waals surface area contributed by atoms with Gasteiger partial charge in [-0.05, 0) is 86.4 Å². The fourth-order valence-corrected chi connectivity index (χ4v) is 7.76. The second-order valence-electron chi connectivity index (χ2n) is 12.3. The molecule has 2 aromatic heterocycles. The Morgan fingerprint density at radius 2 is 1.90 bits per heavy atom. The highest BCUT2D eigenvalue weighted by atomic mass is 33.1. The maximum Gasteiger partial charge on any atom is 0.418 e. The molecule has 49 heavy (non-hydrogen) atoms. The molecule has 0 saturated heterocycles. The fourth-order valence-electron chi connectivity index (χ4n) is 5.90. The number of carbonyl (C=O) groups is 2. The number of aliphatic carboxylic acids is 1. The average Bonchev–Trinajstić information content (AvgIpc) is 3.36. The minimum absolute atomic E-state index is 0.0177. The van der Waals surface area contributed by atoms with Crippen LogP contribution >= 0.6 is 21.6 Å². The monoisotopic (exact) mass is 714 g/mol. The first-order valence-corrected chi connectivity index (χ1v) is 17.4. The third-order valence-corrected chi connectivity index (χ3v) is 10.6. The second-order valence-corrected chi connectivity index (χ2v) is 15.0. The zero-order chi connectivity index (χ0) is 35.6. The number of carboxylic acids is 1. The first-order chi connectivity index (χ1) is 23.1. The van der Waals surface area contributed by atoms with Crippen molar-refractivity contribution >= 4 is 56.3 Å². The SMILES string of the molecule is CC(COC(=O)n1c2c(c3ccccc31)C[C@@H](C)N(CC(C)(C)F)C2c1c(F)cc(/C=C/C(=O)O)cc1F)SSc1ccc([N+](=O)[O-])cn1. The molecule has 5 rings (SSSR count). The lowest BCUT2D eigenvalue weighted by Gasteiger charge is -2.43. The van der Waals surface area contributed by atoms with Crippen molar-refractivity contribution in [3.8, 4) is 0 Å². The highest BCUT2D eigenvalue weighted by molar-refractivity contribution is 8.76. The maximum atomic E-state index is 16.1. The van der Waals surface area contributed by atoms with Crippen molar-refractivity contribution in [3.05, 3.63) is 105 Å². The number of pyridine rings is 1. The molecule has 258 valence electrons. The van der Waals surface area contributed by atoms with Crippen molar-refractivity contribution in [2.24, 2.45) is 0 Å². The number of hydrogen-bond acceptors (Lipinski definition) is 9. The van der Waals surface area contributed by atoms with E-state index in [0.717, 1.165) is 30.5 Å². The predicted molar refractivity (Wildman–Crippen MR) is 182 cm³/mol. The maximum absolute atomic E-state index is 16.1. The number of nitrogens with zero attached hydrogens (tertiary/aromatic N) is 4. The number of hydrogen-bond donors (Lipinski definition) is 1. The molecule has 0 aliphatic carbocycles. The van der Waals surface area contributed by atoms with Gasteiger partial charge in [0.2, 0.25) is 0 Å². The number of halogens is 3. The molecule has 3 atom stereocenters. The number of carboxylic acid groups (broad SMARTS) is 1. The Bertz CT molecular complexity index is 1910. The van der Waals surface area contributed by atoms with Gasteiger partial charge in [-0.15, -0.1) is 0 Å². The quantitative estimate of drug-likeness (QED) is 0.0703. The van der Waals surface area contributed by atoms with Crippen LogP contribution in [0.3, 0.4) is 0 Å². The van der Waals surface area contributed by atoms with Gasteiger partial charge in [0, 0.05) is 40.9 Å². The van der Waals surface area contributed by atoms with E-state index in [1.54, 1.807) is 23.1 Å². The lowest BCUT2D eigenvalue weighted by Crippen LogP contribution is -2.49. The van der Waals surface area contributed by atoms with E-state index >= 15 is 13.2 Å². The summed E-state index contributed by atoms with van der Waals surface area (Å²) in [6.45, 7) is 6.12. The molecular formula is C34H33F3N4O6S2. The van der Waals surface area contributed by atoms with Gasteiger partial charge in [0.1, 0.15) is 35.1 Å². The summed E-state index contributed by atoms with van der Waals surface area (Å²) in [6.07, 6.45) is 2.56. The van der Waals surface area contributed by atoms with Crippen LogP contribution < -0.4 is 0 Å². The van der Waals surface area contributed by atoms with Crippen LogP contribution in [-0.2, 0) is 16.0 Å². The first kappa shape index (κ1) is 36.0. The molecule has 0 bridgehead atoms. The molecule has 0 amide bonds. The van der Waals surface area contributed by atoms with Crippen LogP contribution in [0.15, 0.2) is 65.8 Å². The van der Waals surface area contributed by atoms with Crippen molar-refractivity contribution in [1.82, 2.24) is 14.5 Å². The van der Waals surface area contributed by atoms with Crippen molar-refractivity contribution in [2.45, 2.75) is 62.1 Å². The van der Waals surface area contributed by atoms with Gasteiger partial charge in [0.25, 0.3) is 5.69 Å². The topological polar surface area (TPSA) is 128 Å². The molecule has 0 saturated carbocycles. The number of fused-ring (bicyclic) bond motifs is 3. The number of rotatable bonds is 11. The van der Waals surface area contributed by atoms with Crippen LogP contribution in [0.5, 0.6) is 0 Å². The van der Waals surface area contributed by atoms with Gasteiger partial charge in [0.05, 0.1) is 22.2 Å². The van der Waals surface area contributed by atoms with E-state index in [9.17, 15) is 19.7 Å². The van der Waals surface area contributed by atoms with Crippen LogP contribution in [0.4, 0.5) is 23.7 Å². The number of nitro groups is 1. The zero-order valence-corrected chi connectivity index (χ0v) is 28.6. The van der Waals surface area contributed by atoms with Crippen molar-refractivity contribution < 1.29 is 37.5 Å². The van der Waals surface area contributed by atoms with E-state index in [2.05, 4.69) is 4.98 Å². The van der Waals surface area contributed by atoms with Gasteiger partial charge in [-0.2, -0.15) is 0 Å². The summed E-state index contributed by atoms with van der Waals surface area (Å²) in [5.41, 5.74) is -0.943. The fraction of sp³-hybridized carbons (Fsp3) is 0.324. The lowest BCUT2D eigenvalue weighted by atomic mass is 9.86. The summed E-state index contributed by atoms with van der Waals surface area (Å²) < 4.78 is 54.6. The molecule has 0 spiro atoms. The summed E-state index contributed by atoms with van der Waals surface area (Å²) in [5, 5.41) is 20.9. The minimum atomic E-state index is -1.78. The predicted octanol–water partition coefficient (Wildman–Crippen LogP) is 8.22. The number of ether oxygens (including phenoxy) is 1. The number of alkyl halides is 1. The van der Waals surface area contributed by atoms with Gasteiger partial charge >= 0.3 is 12.1 Å². The highest BCUT2D eigenvalue weighted by Crippen LogP contribution is 2.45. The van der Waals surface area contributed by atoms with Gasteiger partial charge < -0.3 is 9.84 Å². The molecule has 3 heterocycles. The van der Waals surface area contributed by atoms with Crippen LogP contribution in [0.2, 0.25) is 0 Å². The van der Waals surface area contributed by atoms with Gasteiger partial charge in [-0.25, -0.2) is 32.3 Å². The number of carbonyl (C=O) groups excluding carboxylic acids is 1. The zero-order valence-electron chi connectivity index (χ0n) is 26.9. The minimum Gasteiger partial charge on any atom is -0.478 e. The standard InChI is InChI=1S/C34H33F3N4O6S2/c1-19-13-24-23-7-5-6-8-27(23)40(33(44)47-17-20(2)48-49-28-11-10-22(16-38-28)41(45)46)31(24)32(39(19)18-34(3,4)37)30-25(35)14-21(15-26(30)36)9-12-29(42)43/h5-12,14-16,19-20,32H,13,17-18H2,1-4H3,(H,42,43)/b12-9+/t19-,20?,32?/m1/s1. The largest absolute Gasteiger partial charge is 0.478 e. The molecule has 0 radical (unpaired) electrons. The van der Waals surface area contributed by atoms with Gasteiger partial charge in [0.15, 0.2) is 0 Å². The van der Waals surface area contributed by atoms with E-state index in [-0.39, 0.29) is 35.3 Å².